The van der Waals surface area contributed by atoms with Gasteiger partial charge in [-0.1, -0.05) is 6.42 Å². The van der Waals surface area contributed by atoms with Crippen molar-refractivity contribution < 1.29 is 14.3 Å². The number of thioether (sulfide) groups is 1. The molecule has 0 radical (unpaired) electrons. The van der Waals surface area contributed by atoms with E-state index in [1.807, 2.05) is 11.8 Å². The lowest BCUT2D eigenvalue weighted by molar-refractivity contribution is 0.0660. The molecule has 0 bridgehead atoms. The summed E-state index contributed by atoms with van der Waals surface area (Å²) in [5.41, 5.74) is 0. The molecule has 1 atom stereocenters. The Hall–Kier alpha value is -0.940. The molecule has 1 saturated heterocycles. The van der Waals surface area contributed by atoms with Gasteiger partial charge in [0.2, 0.25) is 5.76 Å². The number of rotatable bonds is 5. The van der Waals surface area contributed by atoms with Crippen LogP contribution >= 0.6 is 11.8 Å². The number of furan rings is 1. The van der Waals surface area contributed by atoms with E-state index < -0.39 is 5.97 Å². The number of nitrogens with one attached hydrogen (secondary N) is 1. The molecule has 1 aliphatic heterocycles. The molecular formula is C12H17NO3S. The van der Waals surface area contributed by atoms with Crippen LogP contribution in [0.5, 0.6) is 0 Å². The minimum absolute atomic E-state index is 0.00819. The fourth-order valence-corrected chi connectivity index (χ4v) is 3.19. The van der Waals surface area contributed by atoms with Crippen molar-refractivity contribution in [2.24, 2.45) is 0 Å². The zero-order valence-electron chi connectivity index (χ0n) is 9.65. The molecule has 94 valence electrons. The van der Waals surface area contributed by atoms with Crippen LogP contribution in [0.2, 0.25) is 0 Å². The number of aromatic carboxylic acids is 1. The Labute approximate surface area is 105 Å². The van der Waals surface area contributed by atoms with Gasteiger partial charge in [-0.2, -0.15) is 11.8 Å². The molecule has 0 amide bonds. The average Bonchev–Trinajstić information content (AvgIpc) is 2.79. The van der Waals surface area contributed by atoms with E-state index >= 15 is 0 Å². The molecule has 1 unspecified atom stereocenters. The summed E-state index contributed by atoms with van der Waals surface area (Å²) in [4.78, 5) is 10.6. The van der Waals surface area contributed by atoms with E-state index in [0.717, 1.165) is 6.54 Å². The lowest BCUT2D eigenvalue weighted by Crippen LogP contribution is -2.26. The second-order valence-electron chi connectivity index (χ2n) is 4.19. The van der Waals surface area contributed by atoms with Crippen LogP contribution < -0.4 is 5.32 Å². The monoisotopic (exact) mass is 255 g/mol. The number of carboxylic acids is 1. The Morgan fingerprint density at radius 1 is 1.53 bits per heavy atom. The Morgan fingerprint density at radius 2 is 2.41 bits per heavy atom. The van der Waals surface area contributed by atoms with Crippen molar-refractivity contribution in [3.05, 3.63) is 23.7 Å². The highest BCUT2D eigenvalue weighted by atomic mass is 32.2. The molecular weight excluding hydrogens is 238 g/mol. The van der Waals surface area contributed by atoms with Gasteiger partial charge in [-0.25, -0.2) is 4.79 Å². The standard InChI is InChI=1S/C12H17NO3S/c14-12(15)11-5-4-9(16-11)7-13-8-10-3-1-2-6-17-10/h4-5,10,13H,1-3,6-8H2,(H,14,15). The largest absolute Gasteiger partial charge is 0.475 e. The number of hydrogen-bond donors (Lipinski definition) is 2. The fourth-order valence-electron chi connectivity index (χ4n) is 1.91. The van der Waals surface area contributed by atoms with E-state index in [2.05, 4.69) is 5.32 Å². The number of carbonyl (C=O) groups is 1. The summed E-state index contributed by atoms with van der Waals surface area (Å²) in [7, 11) is 0. The normalized spacial score (nSPS) is 20.4. The summed E-state index contributed by atoms with van der Waals surface area (Å²) < 4.78 is 5.17. The quantitative estimate of drug-likeness (QED) is 0.845. The molecule has 2 N–H and O–H groups in total. The molecule has 17 heavy (non-hydrogen) atoms. The number of hydrogen-bond acceptors (Lipinski definition) is 4. The highest BCUT2D eigenvalue weighted by Gasteiger charge is 2.14. The Bertz CT molecular complexity index is 372. The predicted molar refractivity (Wildman–Crippen MR) is 67.5 cm³/mol. The van der Waals surface area contributed by atoms with Crippen molar-refractivity contribution in [1.82, 2.24) is 5.32 Å². The highest BCUT2D eigenvalue weighted by Crippen LogP contribution is 2.24. The summed E-state index contributed by atoms with van der Waals surface area (Å²) in [5.74, 6) is 0.937. The molecule has 4 nitrogen and oxygen atoms in total. The molecule has 1 aromatic heterocycles. The van der Waals surface area contributed by atoms with E-state index in [1.165, 1.54) is 31.1 Å². The van der Waals surface area contributed by atoms with Gasteiger partial charge in [0.1, 0.15) is 5.76 Å². The minimum Gasteiger partial charge on any atom is -0.475 e. The summed E-state index contributed by atoms with van der Waals surface area (Å²) in [6.07, 6.45) is 3.93. The summed E-state index contributed by atoms with van der Waals surface area (Å²) in [6, 6.07) is 3.21. The molecule has 1 aliphatic rings. The van der Waals surface area contributed by atoms with Gasteiger partial charge in [0.25, 0.3) is 0 Å². The maximum Gasteiger partial charge on any atom is 0.371 e. The van der Waals surface area contributed by atoms with E-state index in [1.54, 1.807) is 6.07 Å². The minimum atomic E-state index is -1.01. The first-order valence-electron chi connectivity index (χ1n) is 5.90. The van der Waals surface area contributed by atoms with Gasteiger partial charge < -0.3 is 14.8 Å². The van der Waals surface area contributed by atoms with Crippen molar-refractivity contribution in [3.8, 4) is 0 Å². The van der Waals surface area contributed by atoms with E-state index in [-0.39, 0.29) is 5.76 Å². The molecule has 1 fully saturated rings. The average molecular weight is 255 g/mol. The summed E-state index contributed by atoms with van der Waals surface area (Å²) in [5, 5.41) is 12.7. The number of carboxylic acid groups (broad SMARTS) is 1. The summed E-state index contributed by atoms with van der Waals surface area (Å²) >= 11 is 2.02. The van der Waals surface area contributed by atoms with Crippen molar-refractivity contribution in [1.29, 1.82) is 0 Å². The zero-order valence-corrected chi connectivity index (χ0v) is 10.5. The second-order valence-corrected chi connectivity index (χ2v) is 5.60. The van der Waals surface area contributed by atoms with Gasteiger partial charge >= 0.3 is 5.97 Å². The van der Waals surface area contributed by atoms with Crippen LogP contribution in [0.25, 0.3) is 0 Å². The Morgan fingerprint density at radius 3 is 3.06 bits per heavy atom. The molecule has 1 aromatic rings. The van der Waals surface area contributed by atoms with Gasteiger partial charge in [0, 0.05) is 11.8 Å². The Balaban J connectivity index is 1.71. The third kappa shape index (κ3) is 3.78. The van der Waals surface area contributed by atoms with Crippen LogP contribution in [0.4, 0.5) is 0 Å². The van der Waals surface area contributed by atoms with Crippen molar-refractivity contribution in [2.75, 3.05) is 12.3 Å². The lowest BCUT2D eigenvalue weighted by atomic mass is 10.2. The van der Waals surface area contributed by atoms with Gasteiger partial charge in [0.15, 0.2) is 0 Å². The van der Waals surface area contributed by atoms with Crippen LogP contribution in [-0.4, -0.2) is 28.6 Å². The highest BCUT2D eigenvalue weighted by molar-refractivity contribution is 7.99. The second kappa shape index (κ2) is 6.12. The first-order chi connectivity index (χ1) is 8.25. The van der Waals surface area contributed by atoms with Crippen LogP contribution in [-0.2, 0) is 6.54 Å². The molecule has 0 saturated carbocycles. The molecule has 0 aromatic carbocycles. The van der Waals surface area contributed by atoms with Crippen LogP contribution in [0.1, 0.15) is 35.6 Å². The topological polar surface area (TPSA) is 62.5 Å². The predicted octanol–water partition coefficient (Wildman–Crippen LogP) is 2.35. The van der Waals surface area contributed by atoms with Gasteiger partial charge in [-0.05, 0) is 30.7 Å². The fraction of sp³-hybridized carbons (Fsp3) is 0.583. The zero-order chi connectivity index (χ0) is 12.1. The van der Waals surface area contributed by atoms with Gasteiger partial charge in [0.05, 0.1) is 6.54 Å². The SMILES string of the molecule is O=C(O)c1ccc(CNCC2CCCCS2)o1. The molecule has 2 heterocycles. The molecule has 2 rings (SSSR count). The third-order valence-corrected chi connectivity index (χ3v) is 4.22. The van der Waals surface area contributed by atoms with Crippen molar-refractivity contribution in [3.63, 3.8) is 0 Å². The Kier molecular flexibility index (Phi) is 4.50. The van der Waals surface area contributed by atoms with Crippen LogP contribution in [0, 0.1) is 0 Å². The first-order valence-corrected chi connectivity index (χ1v) is 6.95. The van der Waals surface area contributed by atoms with Crippen LogP contribution in [0.15, 0.2) is 16.5 Å². The molecule has 5 heteroatoms. The van der Waals surface area contributed by atoms with Crippen LogP contribution in [0.3, 0.4) is 0 Å². The molecule has 0 aliphatic carbocycles. The van der Waals surface area contributed by atoms with Crippen molar-refractivity contribution >= 4 is 17.7 Å². The first kappa shape index (κ1) is 12.5. The summed E-state index contributed by atoms with van der Waals surface area (Å²) in [6.45, 7) is 1.57. The van der Waals surface area contributed by atoms with Gasteiger partial charge in [-0.15, -0.1) is 0 Å². The van der Waals surface area contributed by atoms with E-state index in [0.29, 0.717) is 17.6 Å². The maximum atomic E-state index is 10.6. The smallest absolute Gasteiger partial charge is 0.371 e. The maximum absolute atomic E-state index is 10.6. The van der Waals surface area contributed by atoms with Crippen molar-refractivity contribution in [2.45, 2.75) is 31.1 Å². The lowest BCUT2D eigenvalue weighted by Gasteiger charge is -2.21. The van der Waals surface area contributed by atoms with E-state index in [4.69, 9.17) is 9.52 Å². The van der Waals surface area contributed by atoms with E-state index in [9.17, 15) is 4.79 Å². The van der Waals surface area contributed by atoms with Gasteiger partial charge in [-0.3, -0.25) is 0 Å². The molecule has 0 spiro atoms. The third-order valence-electron chi connectivity index (χ3n) is 2.82.